The van der Waals surface area contributed by atoms with Crippen LogP contribution in [-0.4, -0.2) is 66.9 Å². The maximum absolute atomic E-state index is 13.1. The molecule has 0 spiro atoms. The van der Waals surface area contributed by atoms with E-state index in [0.717, 1.165) is 36.5 Å². The number of rotatable bonds is 5. The molecule has 0 aliphatic carbocycles. The van der Waals surface area contributed by atoms with E-state index in [9.17, 15) is 8.42 Å². The Kier molecular flexibility index (Phi) is 5.80. The Labute approximate surface area is 167 Å². The molecule has 0 aromatic carbocycles. The highest BCUT2D eigenvalue weighted by Gasteiger charge is 2.34. The molecule has 1 saturated heterocycles. The molecular formula is C17H24IN3O4S. The molecule has 3 rings (SSSR count). The Morgan fingerprint density at radius 2 is 2.00 bits per heavy atom. The van der Waals surface area contributed by atoms with Gasteiger partial charge in [0.1, 0.15) is 26.6 Å². The molecule has 2 aromatic heterocycles. The monoisotopic (exact) mass is 493 g/mol. The van der Waals surface area contributed by atoms with Crippen molar-refractivity contribution in [1.29, 1.82) is 0 Å². The van der Waals surface area contributed by atoms with Crippen molar-refractivity contribution in [2.24, 2.45) is 0 Å². The number of imidazole rings is 1. The summed E-state index contributed by atoms with van der Waals surface area (Å²) >= 11 is 2.14. The zero-order valence-corrected chi connectivity index (χ0v) is 18.2. The van der Waals surface area contributed by atoms with Crippen LogP contribution in [0.15, 0.2) is 23.4 Å². The normalized spacial score (nSPS) is 16.9. The first kappa shape index (κ1) is 19.8. The summed E-state index contributed by atoms with van der Waals surface area (Å²) in [7, 11) is -3.56. The molecule has 3 heterocycles. The molecule has 0 unspecified atom stereocenters. The van der Waals surface area contributed by atoms with Crippen LogP contribution in [-0.2, 0) is 14.6 Å². The van der Waals surface area contributed by atoms with Gasteiger partial charge in [-0.05, 0) is 43.4 Å². The lowest BCUT2D eigenvalue weighted by atomic mass is 10.3. The van der Waals surface area contributed by atoms with Crippen LogP contribution in [0.2, 0.25) is 0 Å². The molecule has 144 valence electrons. The van der Waals surface area contributed by atoms with Crippen molar-refractivity contribution in [2.75, 3.05) is 39.5 Å². The summed E-state index contributed by atoms with van der Waals surface area (Å²) in [4.78, 5) is 6.77. The fourth-order valence-corrected chi connectivity index (χ4v) is 4.52. The number of sulfone groups is 1. The lowest BCUT2D eigenvalue weighted by Gasteiger charge is -2.27. The van der Waals surface area contributed by atoms with Gasteiger partial charge < -0.3 is 9.47 Å². The number of ether oxygens (including phenoxy) is 2. The Morgan fingerprint density at radius 3 is 2.65 bits per heavy atom. The van der Waals surface area contributed by atoms with E-state index in [4.69, 9.17) is 9.47 Å². The number of pyridine rings is 1. The van der Waals surface area contributed by atoms with Gasteiger partial charge in [-0.2, -0.15) is 0 Å². The largest absolute Gasteiger partial charge is 0.491 e. The van der Waals surface area contributed by atoms with Crippen LogP contribution in [0, 0.1) is 3.70 Å². The van der Waals surface area contributed by atoms with Crippen LogP contribution >= 0.6 is 22.6 Å². The Morgan fingerprint density at radius 1 is 1.31 bits per heavy atom. The highest BCUT2D eigenvalue weighted by atomic mass is 127. The molecule has 0 saturated carbocycles. The predicted molar refractivity (Wildman–Crippen MR) is 108 cm³/mol. The minimum Gasteiger partial charge on any atom is -0.491 e. The van der Waals surface area contributed by atoms with E-state index in [2.05, 4.69) is 32.5 Å². The van der Waals surface area contributed by atoms with Gasteiger partial charge in [-0.3, -0.25) is 9.30 Å². The number of fused-ring (bicyclic) bond motifs is 1. The third-order valence-electron chi connectivity index (χ3n) is 4.39. The van der Waals surface area contributed by atoms with Gasteiger partial charge in [0.2, 0.25) is 0 Å². The van der Waals surface area contributed by atoms with Gasteiger partial charge in [0.15, 0.2) is 9.84 Å². The van der Waals surface area contributed by atoms with E-state index >= 15 is 0 Å². The second kappa shape index (κ2) is 7.61. The summed E-state index contributed by atoms with van der Waals surface area (Å²) in [6, 6.07) is 1.71. The van der Waals surface area contributed by atoms with Gasteiger partial charge in [-0.15, -0.1) is 0 Å². The fraction of sp³-hybridized carbons (Fsp3) is 0.588. The summed E-state index contributed by atoms with van der Waals surface area (Å²) in [6.07, 6.45) is 3.33. The Hall–Kier alpha value is -0.910. The lowest BCUT2D eigenvalue weighted by Crippen LogP contribution is -2.38. The lowest BCUT2D eigenvalue weighted by molar-refractivity contribution is 0.0321. The fourth-order valence-electron chi connectivity index (χ4n) is 2.71. The summed E-state index contributed by atoms with van der Waals surface area (Å²) in [5.74, 6) is 0.364. The van der Waals surface area contributed by atoms with E-state index in [0.29, 0.717) is 18.0 Å². The molecule has 0 amide bonds. The van der Waals surface area contributed by atoms with E-state index in [1.165, 1.54) is 0 Å². The highest BCUT2D eigenvalue weighted by Crippen LogP contribution is 2.33. The molecule has 9 heteroatoms. The van der Waals surface area contributed by atoms with Crippen LogP contribution in [0.3, 0.4) is 0 Å². The molecule has 1 fully saturated rings. The number of nitrogens with zero attached hydrogens (tertiary/aromatic N) is 3. The maximum Gasteiger partial charge on any atom is 0.188 e. The average Bonchev–Trinajstić information content (AvgIpc) is 2.94. The predicted octanol–water partition coefficient (Wildman–Crippen LogP) is 2.22. The van der Waals surface area contributed by atoms with Gasteiger partial charge in [0, 0.05) is 31.9 Å². The first-order chi connectivity index (χ1) is 12.2. The highest BCUT2D eigenvalue weighted by molar-refractivity contribution is 14.1. The topological polar surface area (TPSA) is 73.1 Å². The van der Waals surface area contributed by atoms with Gasteiger partial charge in [-0.25, -0.2) is 13.4 Å². The molecule has 1 aliphatic rings. The summed E-state index contributed by atoms with van der Waals surface area (Å²) in [6.45, 7) is 9.43. The zero-order chi connectivity index (χ0) is 18.9. The third kappa shape index (κ3) is 4.00. The Bertz CT molecular complexity index is 883. The van der Waals surface area contributed by atoms with E-state index in [1.54, 1.807) is 43.6 Å². The van der Waals surface area contributed by atoms with Crippen LogP contribution in [0.25, 0.3) is 5.65 Å². The standard InChI is InChI=1S/C17H24IN3O4S/c1-17(2,3)26(22,23)14-12-21-15(18)11-19-16(21)10-13(14)25-9-6-20-4-7-24-8-5-20/h10-12H,4-9H2,1-3H3. The van der Waals surface area contributed by atoms with Gasteiger partial charge in [0.25, 0.3) is 0 Å². The number of aromatic nitrogens is 2. The number of halogens is 1. The molecule has 0 bridgehead atoms. The van der Waals surface area contributed by atoms with Gasteiger partial charge in [0.05, 0.1) is 24.2 Å². The molecule has 1 aliphatic heterocycles. The van der Waals surface area contributed by atoms with Crippen LogP contribution < -0.4 is 4.74 Å². The van der Waals surface area contributed by atoms with Crippen LogP contribution in [0.5, 0.6) is 5.75 Å². The van der Waals surface area contributed by atoms with Gasteiger partial charge in [-0.1, -0.05) is 0 Å². The second-order valence-corrected chi connectivity index (χ2v) is 11.0. The third-order valence-corrected chi connectivity index (χ3v) is 7.69. The van der Waals surface area contributed by atoms with Crippen LogP contribution in [0.1, 0.15) is 20.8 Å². The number of hydrogen-bond donors (Lipinski definition) is 0. The van der Waals surface area contributed by atoms with Crippen molar-refractivity contribution in [2.45, 2.75) is 30.4 Å². The van der Waals surface area contributed by atoms with E-state index in [1.807, 2.05) is 0 Å². The number of hydrogen-bond acceptors (Lipinski definition) is 6. The summed E-state index contributed by atoms with van der Waals surface area (Å²) in [5, 5.41) is 0. The van der Waals surface area contributed by atoms with E-state index in [-0.39, 0.29) is 4.90 Å². The van der Waals surface area contributed by atoms with Crippen molar-refractivity contribution < 1.29 is 17.9 Å². The quantitative estimate of drug-likeness (QED) is 0.595. The smallest absolute Gasteiger partial charge is 0.188 e. The maximum atomic E-state index is 13.1. The molecule has 7 nitrogen and oxygen atoms in total. The Balaban J connectivity index is 1.90. The molecule has 2 aromatic rings. The van der Waals surface area contributed by atoms with Crippen molar-refractivity contribution in [3.63, 3.8) is 0 Å². The molecule has 0 radical (unpaired) electrons. The number of morpholine rings is 1. The average molecular weight is 493 g/mol. The first-order valence-corrected chi connectivity index (χ1v) is 11.1. The minimum absolute atomic E-state index is 0.204. The summed E-state index contributed by atoms with van der Waals surface area (Å²) in [5.41, 5.74) is 0.670. The van der Waals surface area contributed by atoms with Crippen molar-refractivity contribution in [3.8, 4) is 5.75 Å². The van der Waals surface area contributed by atoms with E-state index < -0.39 is 14.6 Å². The molecule has 0 N–H and O–H groups in total. The van der Waals surface area contributed by atoms with Crippen molar-refractivity contribution in [1.82, 2.24) is 14.3 Å². The molecule has 26 heavy (non-hydrogen) atoms. The van der Waals surface area contributed by atoms with Crippen molar-refractivity contribution in [3.05, 3.63) is 22.2 Å². The first-order valence-electron chi connectivity index (χ1n) is 8.54. The minimum atomic E-state index is -3.56. The van der Waals surface area contributed by atoms with Crippen molar-refractivity contribution >= 4 is 38.1 Å². The molecular weight excluding hydrogens is 469 g/mol. The molecule has 0 atom stereocenters. The second-order valence-electron chi connectivity index (χ2n) is 7.23. The SMILES string of the molecule is CC(C)(C)S(=O)(=O)c1cn2c(I)cnc2cc1OCCN1CCOCC1. The van der Waals surface area contributed by atoms with Crippen LogP contribution in [0.4, 0.5) is 0 Å². The van der Waals surface area contributed by atoms with Gasteiger partial charge >= 0.3 is 0 Å². The summed E-state index contributed by atoms with van der Waals surface area (Å²) < 4.78 is 39.1. The zero-order valence-electron chi connectivity index (χ0n) is 15.2.